The van der Waals surface area contributed by atoms with Gasteiger partial charge in [0.05, 0.1) is 0 Å². The Balaban J connectivity index is 1.97. The maximum absolute atomic E-state index is 12.3. The summed E-state index contributed by atoms with van der Waals surface area (Å²) in [5.41, 5.74) is 0. The fourth-order valence-electron chi connectivity index (χ4n) is 2.95. The first-order valence-corrected chi connectivity index (χ1v) is 6.84. The van der Waals surface area contributed by atoms with Crippen LogP contribution in [0.5, 0.6) is 0 Å². The lowest BCUT2D eigenvalue weighted by molar-refractivity contribution is -0.140. The molecular formula is C13H23N3O2. The Morgan fingerprint density at radius 1 is 1.17 bits per heavy atom. The van der Waals surface area contributed by atoms with Crippen LogP contribution in [0.4, 0.5) is 0 Å². The van der Waals surface area contributed by atoms with Crippen LogP contribution in [0, 0.1) is 5.92 Å². The third kappa shape index (κ3) is 2.66. The van der Waals surface area contributed by atoms with Crippen LogP contribution in [0.3, 0.4) is 0 Å². The highest BCUT2D eigenvalue weighted by Crippen LogP contribution is 2.27. The Morgan fingerprint density at radius 3 is 2.44 bits per heavy atom. The minimum atomic E-state index is -0.200. The van der Waals surface area contributed by atoms with Crippen LogP contribution in [-0.2, 0) is 9.59 Å². The van der Waals surface area contributed by atoms with E-state index in [0.29, 0.717) is 6.54 Å². The van der Waals surface area contributed by atoms with Crippen LogP contribution in [0.1, 0.15) is 25.7 Å². The standard InChI is InChI=1S/C13H23N3O2/c1-14-12(17)11-9-16(8-7-15(11)2)13(18)10-5-3-4-6-10/h10-11H,3-9H2,1-2H3,(H,14,17)/t11-/m1/s1. The molecule has 1 heterocycles. The molecule has 0 bridgehead atoms. The van der Waals surface area contributed by atoms with Crippen LogP contribution in [0.25, 0.3) is 0 Å². The number of hydrogen-bond donors (Lipinski definition) is 1. The second kappa shape index (κ2) is 5.69. The van der Waals surface area contributed by atoms with E-state index in [4.69, 9.17) is 0 Å². The molecule has 1 atom stereocenters. The summed E-state index contributed by atoms with van der Waals surface area (Å²) in [6.45, 7) is 2.06. The van der Waals surface area contributed by atoms with E-state index in [1.807, 2.05) is 16.8 Å². The summed E-state index contributed by atoms with van der Waals surface area (Å²) in [5, 5.41) is 2.68. The monoisotopic (exact) mass is 253 g/mol. The number of likely N-dealkylation sites (N-methyl/N-ethyl adjacent to an activating group) is 2. The van der Waals surface area contributed by atoms with E-state index in [9.17, 15) is 9.59 Å². The highest BCUT2D eigenvalue weighted by atomic mass is 16.2. The number of carbonyl (C=O) groups is 2. The third-order valence-corrected chi connectivity index (χ3v) is 4.21. The maximum atomic E-state index is 12.3. The molecule has 0 aromatic heterocycles. The zero-order chi connectivity index (χ0) is 13.1. The molecule has 1 aliphatic carbocycles. The molecule has 102 valence electrons. The van der Waals surface area contributed by atoms with Gasteiger partial charge in [0.15, 0.2) is 0 Å². The van der Waals surface area contributed by atoms with Crippen molar-refractivity contribution >= 4 is 11.8 Å². The SMILES string of the molecule is CNC(=O)[C@H]1CN(C(=O)C2CCCC2)CCN1C. The zero-order valence-corrected chi connectivity index (χ0v) is 11.3. The van der Waals surface area contributed by atoms with Gasteiger partial charge in [0.25, 0.3) is 0 Å². The Kier molecular flexibility index (Phi) is 4.22. The highest BCUT2D eigenvalue weighted by molar-refractivity contribution is 5.84. The van der Waals surface area contributed by atoms with Crippen molar-refractivity contribution < 1.29 is 9.59 Å². The molecule has 1 N–H and O–H groups in total. The molecule has 5 nitrogen and oxygen atoms in total. The van der Waals surface area contributed by atoms with Gasteiger partial charge in [-0.25, -0.2) is 0 Å². The first-order chi connectivity index (χ1) is 8.63. The molecule has 1 aliphatic heterocycles. The summed E-state index contributed by atoms with van der Waals surface area (Å²) < 4.78 is 0. The molecule has 2 aliphatic rings. The number of nitrogens with zero attached hydrogens (tertiary/aromatic N) is 2. The molecular weight excluding hydrogens is 230 g/mol. The van der Waals surface area contributed by atoms with E-state index in [1.54, 1.807) is 7.05 Å². The van der Waals surface area contributed by atoms with Crippen LogP contribution in [0.2, 0.25) is 0 Å². The van der Waals surface area contributed by atoms with Gasteiger partial charge in [0.1, 0.15) is 6.04 Å². The molecule has 2 rings (SSSR count). The van der Waals surface area contributed by atoms with Crippen molar-refractivity contribution in [1.82, 2.24) is 15.1 Å². The third-order valence-electron chi connectivity index (χ3n) is 4.21. The molecule has 1 saturated heterocycles. The highest BCUT2D eigenvalue weighted by Gasteiger charge is 2.34. The Bertz CT molecular complexity index is 326. The molecule has 18 heavy (non-hydrogen) atoms. The lowest BCUT2D eigenvalue weighted by Gasteiger charge is -2.39. The van der Waals surface area contributed by atoms with E-state index in [2.05, 4.69) is 5.32 Å². The van der Waals surface area contributed by atoms with E-state index in [1.165, 1.54) is 12.8 Å². The summed E-state index contributed by atoms with van der Waals surface area (Å²) in [4.78, 5) is 28.0. The molecule has 0 unspecified atom stereocenters. The quantitative estimate of drug-likeness (QED) is 0.757. The van der Waals surface area contributed by atoms with E-state index in [0.717, 1.165) is 25.9 Å². The summed E-state index contributed by atoms with van der Waals surface area (Å²) >= 11 is 0. The lowest BCUT2D eigenvalue weighted by atomic mass is 10.0. The molecule has 2 amide bonds. The fourth-order valence-corrected chi connectivity index (χ4v) is 2.95. The Morgan fingerprint density at radius 2 is 1.83 bits per heavy atom. The van der Waals surface area contributed by atoms with Crippen molar-refractivity contribution in [3.05, 3.63) is 0 Å². The number of nitrogens with one attached hydrogen (secondary N) is 1. The molecule has 0 radical (unpaired) electrons. The van der Waals surface area contributed by atoms with E-state index in [-0.39, 0.29) is 23.8 Å². The number of hydrogen-bond acceptors (Lipinski definition) is 3. The molecule has 0 aromatic carbocycles. The van der Waals surface area contributed by atoms with Gasteiger partial charge in [0.2, 0.25) is 11.8 Å². The van der Waals surface area contributed by atoms with Gasteiger partial charge in [0, 0.05) is 32.6 Å². The van der Waals surface area contributed by atoms with Crippen molar-refractivity contribution in [2.24, 2.45) is 5.92 Å². The zero-order valence-electron chi connectivity index (χ0n) is 11.3. The summed E-state index contributed by atoms with van der Waals surface area (Å²) in [6.07, 6.45) is 4.39. The molecule has 0 spiro atoms. The van der Waals surface area contributed by atoms with Crippen molar-refractivity contribution in [2.45, 2.75) is 31.7 Å². The first-order valence-electron chi connectivity index (χ1n) is 6.84. The normalized spacial score (nSPS) is 26.3. The number of piperazine rings is 1. The predicted molar refractivity (Wildman–Crippen MR) is 69.0 cm³/mol. The molecule has 1 saturated carbocycles. The summed E-state index contributed by atoms with van der Waals surface area (Å²) in [7, 11) is 3.59. The van der Waals surface area contributed by atoms with E-state index >= 15 is 0 Å². The van der Waals surface area contributed by atoms with Gasteiger partial charge in [-0.3, -0.25) is 14.5 Å². The summed E-state index contributed by atoms with van der Waals surface area (Å²) in [5.74, 6) is 0.467. The van der Waals surface area contributed by atoms with Gasteiger partial charge >= 0.3 is 0 Å². The molecule has 2 fully saturated rings. The topological polar surface area (TPSA) is 52.7 Å². The van der Waals surface area contributed by atoms with Crippen molar-refractivity contribution in [3.8, 4) is 0 Å². The largest absolute Gasteiger partial charge is 0.358 e. The van der Waals surface area contributed by atoms with Crippen LogP contribution in [-0.4, -0.2) is 61.4 Å². The average molecular weight is 253 g/mol. The van der Waals surface area contributed by atoms with Crippen molar-refractivity contribution in [2.75, 3.05) is 33.7 Å². The Labute approximate surface area is 108 Å². The van der Waals surface area contributed by atoms with Crippen LogP contribution in [0.15, 0.2) is 0 Å². The first kappa shape index (κ1) is 13.3. The number of rotatable bonds is 2. The van der Waals surface area contributed by atoms with Gasteiger partial charge < -0.3 is 10.2 Å². The Hall–Kier alpha value is -1.10. The van der Waals surface area contributed by atoms with Crippen molar-refractivity contribution in [1.29, 1.82) is 0 Å². The fraction of sp³-hybridized carbons (Fsp3) is 0.846. The number of amides is 2. The average Bonchev–Trinajstić information content (AvgIpc) is 2.91. The maximum Gasteiger partial charge on any atom is 0.238 e. The molecule has 0 aromatic rings. The second-order valence-electron chi connectivity index (χ2n) is 5.38. The van der Waals surface area contributed by atoms with Gasteiger partial charge in [-0.05, 0) is 19.9 Å². The molecule has 5 heteroatoms. The van der Waals surface area contributed by atoms with Crippen molar-refractivity contribution in [3.63, 3.8) is 0 Å². The minimum absolute atomic E-state index is 0.00132. The van der Waals surface area contributed by atoms with E-state index < -0.39 is 0 Å². The second-order valence-corrected chi connectivity index (χ2v) is 5.38. The smallest absolute Gasteiger partial charge is 0.238 e. The van der Waals surface area contributed by atoms with Gasteiger partial charge in [-0.1, -0.05) is 12.8 Å². The lowest BCUT2D eigenvalue weighted by Crippen LogP contribution is -2.59. The van der Waals surface area contributed by atoms with Gasteiger partial charge in [-0.2, -0.15) is 0 Å². The predicted octanol–water partition coefficient (Wildman–Crippen LogP) is 0.0652. The van der Waals surface area contributed by atoms with Crippen LogP contribution < -0.4 is 5.32 Å². The minimum Gasteiger partial charge on any atom is -0.358 e. The summed E-state index contributed by atoms with van der Waals surface area (Å²) in [6, 6.07) is -0.200. The number of carbonyl (C=O) groups excluding carboxylic acids is 2. The van der Waals surface area contributed by atoms with Crippen LogP contribution >= 0.6 is 0 Å². The van der Waals surface area contributed by atoms with Gasteiger partial charge in [-0.15, -0.1) is 0 Å².